The topological polar surface area (TPSA) is 53.5 Å². The second kappa shape index (κ2) is 9.88. The lowest BCUT2D eigenvalue weighted by atomic mass is 10.2. The molecule has 0 fully saturated rings. The number of nitrogens with zero attached hydrogens (tertiary/aromatic N) is 1. The Morgan fingerprint density at radius 3 is 2.60 bits per heavy atom. The van der Waals surface area contributed by atoms with Crippen molar-refractivity contribution in [1.82, 2.24) is 10.6 Å². The molecule has 2 aromatic carbocycles. The molecule has 0 bridgehead atoms. The third kappa shape index (κ3) is 6.62. The first-order valence-corrected chi connectivity index (χ1v) is 9.34. The maximum Gasteiger partial charge on any atom is 0.191 e. The molecule has 1 atom stereocenters. The average Bonchev–Trinajstić information content (AvgIpc) is 2.61. The van der Waals surface area contributed by atoms with E-state index >= 15 is 0 Å². The summed E-state index contributed by atoms with van der Waals surface area (Å²) >= 11 is 0. The van der Waals surface area contributed by atoms with Crippen molar-refractivity contribution in [3.8, 4) is 0 Å². The van der Waals surface area contributed by atoms with Gasteiger partial charge in [0.2, 0.25) is 0 Å². The Morgan fingerprint density at radius 1 is 1.12 bits per heavy atom. The van der Waals surface area contributed by atoms with Crippen LogP contribution in [0.3, 0.4) is 0 Å². The average molecular weight is 365 g/mol. The molecule has 7 heteroatoms. The minimum Gasteiger partial charge on any atom is -0.355 e. The zero-order valence-corrected chi connectivity index (χ0v) is 14.8. The summed E-state index contributed by atoms with van der Waals surface area (Å²) in [6.07, 6.45) is 0. The van der Waals surface area contributed by atoms with Gasteiger partial charge in [0.25, 0.3) is 0 Å². The fourth-order valence-electron chi connectivity index (χ4n) is 2.19. The summed E-state index contributed by atoms with van der Waals surface area (Å²) in [6.45, 7) is 0.571. The second-order valence-electron chi connectivity index (χ2n) is 5.36. The second-order valence-corrected chi connectivity index (χ2v) is 6.94. The zero-order valence-electron chi connectivity index (χ0n) is 14.0. The van der Waals surface area contributed by atoms with Gasteiger partial charge >= 0.3 is 0 Å². The van der Waals surface area contributed by atoms with E-state index in [1.54, 1.807) is 7.05 Å². The lowest BCUT2D eigenvalue weighted by Gasteiger charge is -2.12. The Kier molecular flexibility index (Phi) is 7.53. The molecule has 1 unspecified atom stereocenters. The van der Waals surface area contributed by atoms with Gasteiger partial charge in [-0.15, -0.1) is 0 Å². The molecule has 0 saturated heterocycles. The number of nitrogens with one attached hydrogen (secondary N) is 2. The van der Waals surface area contributed by atoms with Crippen molar-refractivity contribution >= 4 is 16.8 Å². The van der Waals surface area contributed by atoms with Crippen molar-refractivity contribution in [2.75, 3.05) is 19.3 Å². The predicted molar refractivity (Wildman–Crippen MR) is 97.7 cm³/mol. The number of hydrogen-bond acceptors (Lipinski definition) is 2. The molecule has 0 aliphatic rings. The van der Waals surface area contributed by atoms with Crippen LogP contribution in [0.2, 0.25) is 0 Å². The Hall–Kier alpha value is -2.28. The van der Waals surface area contributed by atoms with E-state index in [9.17, 15) is 13.0 Å². The van der Waals surface area contributed by atoms with Gasteiger partial charge in [-0.3, -0.25) is 9.20 Å². The van der Waals surface area contributed by atoms with Crippen molar-refractivity contribution < 1.29 is 13.0 Å². The van der Waals surface area contributed by atoms with Crippen LogP contribution in [0, 0.1) is 11.6 Å². The van der Waals surface area contributed by atoms with E-state index in [2.05, 4.69) is 15.6 Å². The van der Waals surface area contributed by atoms with E-state index < -0.39 is 22.4 Å². The SMILES string of the molecule is CN=C(NCCS(=O)Cc1ccccc1)NCc1cc(F)ccc1F. The van der Waals surface area contributed by atoms with Crippen molar-refractivity contribution in [1.29, 1.82) is 0 Å². The largest absolute Gasteiger partial charge is 0.355 e. The molecule has 4 nitrogen and oxygen atoms in total. The van der Waals surface area contributed by atoms with Gasteiger partial charge in [0.15, 0.2) is 5.96 Å². The molecule has 0 saturated carbocycles. The summed E-state index contributed by atoms with van der Waals surface area (Å²) in [5.41, 5.74) is 1.25. The van der Waals surface area contributed by atoms with Crippen molar-refractivity contribution in [3.05, 3.63) is 71.3 Å². The lowest BCUT2D eigenvalue weighted by Crippen LogP contribution is -2.38. The first-order chi connectivity index (χ1) is 12.1. The van der Waals surface area contributed by atoms with Gasteiger partial charge in [-0.2, -0.15) is 0 Å². The maximum atomic E-state index is 13.6. The fourth-order valence-corrected chi connectivity index (χ4v) is 3.23. The highest BCUT2D eigenvalue weighted by atomic mass is 32.2. The van der Waals surface area contributed by atoms with Crippen LogP contribution in [0.4, 0.5) is 8.78 Å². The number of benzene rings is 2. The summed E-state index contributed by atoms with van der Waals surface area (Å²) in [5.74, 6) is 0.443. The van der Waals surface area contributed by atoms with Crippen LogP contribution >= 0.6 is 0 Å². The van der Waals surface area contributed by atoms with Gasteiger partial charge in [0.1, 0.15) is 11.6 Å². The van der Waals surface area contributed by atoms with Crippen LogP contribution in [-0.2, 0) is 23.1 Å². The first kappa shape index (κ1) is 19.1. The Labute approximate surface area is 148 Å². The van der Waals surface area contributed by atoms with Crippen molar-refractivity contribution in [2.45, 2.75) is 12.3 Å². The number of guanidine groups is 1. The van der Waals surface area contributed by atoms with E-state index in [-0.39, 0.29) is 12.1 Å². The molecular weight excluding hydrogens is 344 g/mol. The smallest absolute Gasteiger partial charge is 0.191 e. The lowest BCUT2D eigenvalue weighted by molar-refractivity contribution is 0.581. The van der Waals surface area contributed by atoms with Crippen molar-refractivity contribution in [3.63, 3.8) is 0 Å². The minimum atomic E-state index is -0.991. The molecule has 2 rings (SSSR count). The maximum absolute atomic E-state index is 13.6. The monoisotopic (exact) mass is 365 g/mol. The van der Waals surface area contributed by atoms with Crippen molar-refractivity contribution in [2.24, 2.45) is 4.99 Å². The van der Waals surface area contributed by atoms with Gasteiger partial charge in [-0.1, -0.05) is 30.3 Å². The summed E-state index contributed by atoms with van der Waals surface area (Å²) in [5, 5.41) is 5.93. The summed E-state index contributed by atoms with van der Waals surface area (Å²) in [4.78, 5) is 4.02. The highest BCUT2D eigenvalue weighted by Gasteiger charge is 2.06. The molecule has 25 heavy (non-hydrogen) atoms. The molecule has 2 N–H and O–H groups in total. The summed E-state index contributed by atoms with van der Waals surface area (Å²) in [7, 11) is 0.591. The first-order valence-electron chi connectivity index (χ1n) is 7.86. The zero-order chi connectivity index (χ0) is 18.1. The molecule has 0 aliphatic carbocycles. The molecule has 0 aromatic heterocycles. The van der Waals surface area contributed by atoms with E-state index in [0.717, 1.165) is 23.8 Å². The fraction of sp³-hybridized carbons (Fsp3) is 0.278. The summed E-state index contributed by atoms with van der Waals surface area (Å²) < 4.78 is 38.8. The highest BCUT2D eigenvalue weighted by molar-refractivity contribution is 7.84. The van der Waals surface area contributed by atoms with E-state index in [0.29, 0.717) is 24.0 Å². The molecule has 2 aromatic rings. The quantitative estimate of drug-likeness (QED) is 0.586. The van der Waals surface area contributed by atoms with E-state index in [1.165, 1.54) is 0 Å². The number of aliphatic imine (C=N–C) groups is 1. The van der Waals surface area contributed by atoms with Crippen LogP contribution < -0.4 is 10.6 Å². The predicted octanol–water partition coefficient (Wildman–Crippen LogP) is 2.58. The molecule has 134 valence electrons. The van der Waals surface area contributed by atoms with Gasteiger partial charge in [-0.05, 0) is 23.8 Å². The van der Waals surface area contributed by atoms with E-state index in [1.807, 2.05) is 30.3 Å². The normalized spacial score (nSPS) is 12.7. The molecular formula is C18H21F2N3OS. The molecule has 0 aliphatic heterocycles. The molecule has 0 amide bonds. The number of halogens is 2. The minimum absolute atomic E-state index is 0.108. The van der Waals surface area contributed by atoms with Crippen LogP contribution in [-0.4, -0.2) is 29.5 Å². The van der Waals surface area contributed by atoms with Gasteiger partial charge in [0, 0.05) is 48.0 Å². The molecule has 0 spiro atoms. The third-order valence-electron chi connectivity index (χ3n) is 3.47. The van der Waals surface area contributed by atoms with Gasteiger partial charge in [0.05, 0.1) is 0 Å². The van der Waals surface area contributed by atoms with Crippen LogP contribution in [0.1, 0.15) is 11.1 Å². The van der Waals surface area contributed by atoms with Crippen LogP contribution in [0.5, 0.6) is 0 Å². The molecule has 0 radical (unpaired) electrons. The standard InChI is InChI=1S/C18H21F2N3OS/c1-21-18(23-12-15-11-16(19)7-8-17(15)20)22-9-10-25(24)13-14-5-3-2-4-6-14/h2-8,11H,9-10,12-13H2,1H3,(H2,21,22,23). The number of hydrogen-bond donors (Lipinski definition) is 2. The van der Waals surface area contributed by atoms with Gasteiger partial charge in [-0.25, -0.2) is 8.78 Å². The van der Waals surface area contributed by atoms with Gasteiger partial charge < -0.3 is 10.6 Å². The highest BCUT2D eigenvalue weighted by Crippen LogP contribution is 2.09. The molecule has 0 heterocycles. The number of rotatable bonds is 7. The van der Waals surface area contributed by atoms with Crippen LogP contribution in [0.25, 0.3) is 0 Å². The van der Waals surface area contributed by atoms with E-state index in [4.69, 9.17) is 0 Å². The summed E-state index contributed by atoms with van der Waals surface area (Å²) in [6, 6.07) is 13.0. The Morgan fingerprint density at radius 2 is 1.88 bits per heavy atom. The Balaban J connectivity index is 1.75. The van der Waals surface area contributed by atoms with Crippen LogP contribution in [0.15, 0.2) is 53.5 Å². The Bertz CT molecular complexity index is 738. The third-order valence-corrected chi connectivity index (χ3v) is 4.79.